The van der Waals surface area contributed by atoms with Crippen LogP contribution in [0.3, 0.4) is 0 Å². The van der Waals surface area contributed by atoms with Gasteiger partial charge >= 0.3 is 0 Å². The van der Waals surface area contributed by atoms with Gasteiger partial charge in [0.2, 0.25) is 5.75 Å². The second-order valence-corrected chi connectivity index (χ2v) is 5.48. The number of fused-ring (bicyclic) bond motifs is 1. The first-order valence-electron chi connectivity index (χ1n) is 8.04. The Morgan fingerprint density at radius 3 is 2.38 bits per heavy atom. The van der Waals surface area contributed by atoms with Crippen LogP contribution in [0.2, 0.25) is 0 Å². The summed E-state index contributed by atoms with van der Waals surface area (Å²) in [6, 6.07) is 5.03. The summed E-state index contributed by atoms with van der Waals surface area (Å²) in [5.41, 5.74) is 1.91. The highest BCUT2D eigenvalue weighted by molar-refractivity contribution is 6.04. The first kappa shape index (κ1) is 17.5. The van der Waals surface area contributed by atoms with E-state index < -0.39 is 0 Å². The van der Waals surface area contributed by atoms with Crippen molar-refractivity contribution < 1.29 is 19.0 Å². The number of carbonyl (C=O) groups is 1. The average molecular weight is 356 g/mol. The molecule has 3 aromatic rings. The summed E-state index contributed by atoms with van der Waals surface area (Å²) in [6.45, 7) is 2.00. The second kappa shape index (κ2) is 7.30. The van der Waals surface area contributed by atoms with Crippen LogP contribution in [-0.4, -0.2) is 41.6 Å². The molecule has 0 aliphatic rings. The third-order valence-corrected chi connectivity index (χ3v) is 3.97. The van der Waals surface area contributed by atoms with Crippen molar-refractivity contribution in [3.8, 4) is 17.2 Å². The molecule has 8 heteroatoms. The van der Waals surface area contributed by atoms with E-state index in [0.29, 0.717) is 34.3 Å². The van der Waals surface area contributed by atoms with Crippen LogP contribution in [0.25, 0.3) is 5.65 Å². The second-order valence-electron chi connectivity index (χ2n) is 5.48. The van der Waals surface area contributed by atoms with Crippen LogP contribution in [0.15, 0.2) is 30.7 Å². The Bertz CT molecular complexity index is 927. The summed E-state index contributed by atoms with van der Waals surface area (Å²) in [6.07, 6.45) is 4.00. The van der Waals surface area contributed by atoms with Crippen molar-refractivity contribution in [2.45, 2.75) is 13.3 Å². The standard InChI is InChI=1S/C18H20N4O4/c1-5-12-8-15(22-10-19-9-16(22)20-12)21-18(23)11-6-13(24-2)17(26-4)14(7-11)25-3/h6-10H,5H2,1-4H3,(H,21,23). The van der Waals surface area contributed by atoms with Crippen molar-refractivity contribution in [1.29, 1.82) is 0 Å². The molecule has 0 aliphatic carbocycles. The minimum atomic E-state index is -0.312. The van der Waals surface area contributed by atoms with Crippen molar-refractivity contribution >= 4 is 17.4 Å². The molecule has 1 N–H and O–H groups in total. The first-order valence-corrected chi connectivity index (χ1v) is 8.04. The van der Waals surface area contributed by atoms with E-state index in [-0.39, 0.29) is 5.91 Å². The Morgan fingerprint density at radius 1 is 1.12 bits per heavy atom. The molecule has 136 valence electrons. The summed E-state index contributed by atoms with van der Waals surface area (Å²) < 4.78 is 17.6. The SMILES string of the molecule is CCc1cc(NC(=O)c2cc(OC)c(OC)c(OC)c2)n2cncc2n1. The fraction of sp³-hybridized carbons (Fsp3) is 0.278. The Labute approximate surface area is 150 Å². The minimum absolute atomic E-state index is 0.312. The number of carbonyl (C=O) groups excluding carboxylic acids is 1. The number of nitrogens with one attached hydrogen (secondary N) is 1. The normalized spacial score (nSPS) is 10.6. The number of anilines is 1. The number of benzene rings is 1. The van der Waals surface area contributed by atoms with Gasteiger partial charge in [0.1, 0.15) is 12.1 Å². The number of imidazole rings is 1. The number of aromatic nitrogens is 3. The highest BCUT2D eigenvalue weighted by atomic mass is 16.5. The molecule has 1 amide bonds. The van der Waals surface area contributed by atoms with E-state index in [4.69, 9.17) is 14.2 Å². The van der Waals surface area contributed by atoms with Gasteiger partial charge in [-0.25, -0.2) is 9.97 Å². The summed E-state index contributed by atoms with van der Waals surface area (Å²) in [5.74, 6) is 1.53. The number of nitrogens with zero attached hydrogens (tertiary/aromatic N) is 3. The van der Waals surface area contributed by atoms with Crippen molar-refractivity contribution in [2.75, 3.05) is 26.6 Å². The van der Waals surface area contributed by atoms with Crippen LogP contribution >= 0.6 is 0 Å². The van der Waals surface area contributed by atoms with Gasteiger partial charge in [-0.1, -0.05) is 6.92 Å². The molecule has 0 radical (unpaired) electrons. The van der Waals surface area contributed by atoms with Gasteiger partial charge in [0, 0.05) is 17.3 Å². The molecule has 0 aliphatic heterocycles. The zero-order valence-corrected chi connectivity index (χ0v) is 15.1. The molecule has 1 aromatic carbocycles. The molecule has 3 rings (SSSR count). The van der Waals surface area contributed by atoms with Gasteiger partial charge in [-0.2, -0.15) is 0 Å². The van der Waals surface area contributed by atoms with Gasteiger partial charge in [-0.05, 0) is 18.6 Å². The Hall–Kier alpha value is -3.29. The zero-order chi connectivity index (χ0) is 18.7. The largest absolute Gasteiger partial charge is 0.493 e. The Morgan fingerprint density at radius 2 is 1.81 bits per heavy atom. The predicted octanol–water partition coefficient (Wildman–Crippen LogP) is 2.57. The maximum atomic E-state index is 12.8. The summed E-state index contributed by atoms with van der Waals surface area (Å²) in [5, 5.41) is 2.89. The monoisotopic (exact) mass is 356 g/mol. The lowest BCUT2D eigenvalue weighted by molar-refractivity contribution is 0.102. The number of hydrogen-bond acceptors (Lipinski definition) is 6. The van der Waals surface area contributed by atoms with E-state index in [1.165, 1.54) is 21.3 Å². The smallest absolute Gasteiger partial charge is 0.257 e. The van der Waals surface area contributed by atoms with Gasteiger partial charge in [0.25, 0.3) is 5.91 Å². The fourth-order valence-corrected chi connectivity index (χ4v) is 2.64. The van der Waals surface area contributed by atoms with E-state index in [1.54, 1.807) is 29.1 Å². The summed E-state index contributed by atoms with van der Waals surface area (Å²) in [4.78, 5) is 21.3. The third-order valence-electron chi connectivity index (χ3n) is 3.97. The summed E-state index contributed by atoms with van der Waals surface area (Å²) in [7, 11) is 4.52. The average Bonchev–Trinajstić information content (AvgIpc) is 3.15. The van der Waals surface area contributed by atoms with Crippen LogP contribution in [0.5, 0.6) is 17.2 Å². The lowest BCUT2D eigenvalue weighted by atomic mass is 10.1. The van der Waals surface area contributed by atoms with E-state index >= 15 is 0 Å². The van der Waals surface area contributed by atoms with E-state index in [2.05, 4.69) is 15.3 Å². The highest BCUT2D eigenvalue weighted by Gasteiger charge is 2.18. The van der Waals surface area contributed by atoms with E-state index in [0.717, 1.165) is 12.1 Å². The van der Waals surface area contributed by atoms with Crippen LogP contribution in [0.1, 0.15) is 23.0 Å². The highest BCUT2D eigenvalue weighted by Crippen LogP contribution is 2.38. The number of hydrogen-bond donors (Lipinski definition) is 1. The van der Waals surface area contributed by atoms with Crippen molar-refractivity contribution in [3.05, 3.63) is 42.0 Å². The molecule has 0 atom stereocenters. The maximum Gasteiger partial charge on any atom is 0.257 e. The lowest BCUT2D eigenvalue weighted by Gasteiger charge is -2.14. The van der Waals surface area contributed by atoms with Crippen LogP contribution in [-0.2, 0) is 6.42 Å². The number of rotatable bonds is 6. The Kier molecular flexibility index (Phi) is 4.92. The molecule has 2 heterocycles. The number of aryl methyl sites for hydroxylation is 1. The maximum absolute atomic E-state index is 12.8. The molecule has 0 unspecified atom stereocenters. The number of amides is 1. The molecule has 2 aromatic heterocycles. The quantitative estimate of drug-likeness (QED) is 0.730. The topological polar surface area (TPSA) is 87.0 Å². The van der Waals surface area contributed by atoms with Crippen LogP contribution < -0.4 is 19.5 Å². The zero-order valence-electron chi connectivity index (χ0n) is 15.1. The molecule has 8 nitrogen and oxygen atoms in total. The van der Waals surface area contributed by atoms with Gasteiger partial charge < -0.3 is 19.5 Å². The van der Waals surface area contributed by atoms with Gasteiger partial charge in [0.05, 0.1) is 27.5 Å². The Balaban J connectivity index is 1.99. The van der Waals surface area contributed by atoms with Crippen molar-refractivity contribution in [3.63, 3.8) is 0 Å². The first-order chi connectivity index (χ1) is 12.6. The predicted molar refractivity (Wildman–Crippen MR) is 96.4 cm³/mol. The molecule has 0 saturated carbocycles. The molecular weight excluding hydrogens is 336 g/mol. The molecule has 0 saturated heterocycles. The van der Waals surface area contributed by atoms with Gasteiger partial charge in [0.15, 0.2) is 17.1 Å². The summed E-state index contributed by atoms with van der Waals surface area (Å²) >= 11 is 0. The lowest BCUT2D eigenvalue weighted by Crippen LogP contribution is -2.15. The van der Waals surface area contributed by atoms with Gasteiger partial charge in [-0.3, -0.25) is 9.20 Å². The molecule has 0 fully saturated rings. The third kappa shape index (κ3) is 3.13. The van der Waals surface area contributed by atoms with Crippen LogP contribution in [0.4, 0.5) is 5.82 Å². The van der Waals surface area contributed by atoms with E-state index in [9.17, 15) is 4.79 Å². The van der Waals surface area contributed by atoms with E-state index in [1.807, 2.05) is 13.0 Å². The fourth-order valence-electron chi connectivity index (χ4n) is 2.64. The molecule has 0 spiro atoms. The van der Waals surface area contributed by atoms with Crippen LogP contribution in [0, 0.1) is 0 Å². The minimum Gasteiger partial charge on any atom is -0.493 e. The van der Waals surface area contributed by atoms with Crippen molar-refractivity contribution in [2.24, 2.45) is 0 Å². The number of ether oxygens (including phenoxy) is 3. The number of methoxy groups -OCH3 is 3. The molecule has 26 heavy (non-hydrogen) atoms. The molecular formula is C18H20N4O4. The van der Waals surface area contributed by atoms with Gasteiger partial charge in [-0.15, -0.1) is 0 Å². The van der Waals surface area contributed by atoms with Crippen molar-refractivity contribution in [1.82, 2.24) is 14.4 Å². The molecule has 0 bridgehead atoms.